The molecule has 1 aromatic heterocycles. The Bertz CT molecular complexity index is 846. The molecule has 0 aliphatic heterocycles. The standard InChI is InChI=1S/C21H21NO2/c1-4-24-21(23)19-18(16-8-6-5-7-9-16)15(3)22-20(19)17-12-10-14(2)11-13-17/h5-13,22H,4H2,1-3H3. The van der Waals surface area contributed by atoms with Crippen LogP contribution in [0.1, 0.15) is 28.5 Å². The van der Waals surface area contributed by atoms with E-state index in [1.807, 2.05) is 75.4 Å². The molecule has 0 spiro atoms. The molecule has 3 aromatic rings. The lowest BCUT2D eigenvalue weighted by Gasteiger charge is -2.08. The summed E-state index contributed by atoms with van der Waals surface area (Å²) in [7, 11) is 0. The fraction of sp³-hybridized carbons (Fsp3) is 0.190. The van der Waals surface area contributed by atoms with Crippen LogP contribution in [0.15, 0.2) is 54.6 Å². The molecule has 0 saturated carbocycles. The predicted octanol–water partition coefficient (Wildman–Crippen LogP) is 5.14. The molecule has 0 radical (unpaired) electrons. The van der Waals surface area contributed by atoms with E-state index in [-0.39, 0.29) is 5.97 Å². The summed E-state index contributed by atoms with van der Waals surface area (Å²) in [4.78, 5) is 16.1. The molecule has 1 heterocycles. The molecule has 0 aliphatic carbocycles. The maximum Gasteiger partial charge on any atom is 0.340 e. The molecule has 2 aromatic carbocycles. The van der Waals surface area contributed by atoms with E-state index in [9.17, 15) is 4.79 Å². The first-order chi connectivity index (χ1) is 11.6. The molecular formula is C21H21NO2. The zero-order chi connectivity index (χ0) is 17.1. The summed E-state index contributed by atoms with van der Waals surface area (Å²) in [5, 5.41) is 0. The van der Waals surface area contributed by atoms with Gasteiger partial charge in [0.25, 0.3) is 0 Å². The van der Waals surface area contributed by atoms with Gasteiger partial charge < -0.3 is 9.72 Å². The summed E-state index contributed by atoms with van der Waals surface area (Å²) < 4.78 is 5.33. The van der Waals surface area contributed by atoms with Gasteiger partial charge in [-0.05, 0) is 31.9 Å². The van der Waals surface area contributed by atoms with E-state index < -0.39 is 0 Å². The van der Waals surface area contributed by atoms with Gasteiger partial charge >= 0.3 is 5.97 Å². The number of nitrogens with one attached hydrogen (secondary N) is 1. The minimum Gasteiger partial charge on any atom is -0.462 e. The van der Waals surface area contributed by atoms with Crippen LogP contribution in [0.3, 0.4) is 0 Å². The number of rotatable bonds is 4. The Morgan fingerprint density at radius 2 is 1.62 bits per heavy atom. The fourth-order valence-electron chi connectivity index (χ4n) is 2.93. The van der Waals surface area contributed by atoms with Crippen LogP contribution in [0.25, 0.3) is 22.4 Å². The second-order valence-corrected chi connectivity index (χ2v) is 5.83. The van der Waals surface area contributed by atoms with Crippen molar-refractivity contribution in [1.82, 2.24) is 4.98 Å². The SMILES string of the molecule is CCOC(=O)c1c(-c2ccc(C)cc2)[nH]c(C)c1-c1ccccc1. The third-order valence-corrected chi connectivity index (χ3v) is 4.07. The summed E-state index contributed by atoms with van der Waals surface area (Å²) in [6, 6.07) is 18.1. The maximum atomic E-state index is 12.7. The van der Waals surface area contributed by atoms with Crippen LogP contribution >= 0.6 is 0 Å². The fourth-order valence-corrected chi connectivity index (χ4v) is 2.93. The number of aromatic nitrogens is 1. The van der Waals surface area contributed by atoms with Crippen molar-refractivity contribution in [3.05, 3.63) is 71.4 Å². The van der Waals surface area contributed by atoms with Crippen molar-refractivity contribution in [1.29, 1.82) is 0 Å². The van der Waals surface area contributed by atoms with E-state index >= 15 is 0 Å². The van der Waals surface area contributed by atoms with Crippen molar-refractivity contribution in [3.8, 4) is 22.4 Å². The van der Waals surface area contributed by atoms with E-state index in [2.05, 4.69) is 4.98 Å². The average molecular weight is 319 g/mol. The lowest BCUT2D eigenvalue weighted by molar-refractivity contribution is 0.0528. The minimum absolute atomic E-state index is 0.295. The van der Waals surface area contributed by atoms with Crippen LogP contribution in [0, 0.1) is 13.8 Å². The van der Waals surface area contributed by atoms with E-state index in [1.165, 1.54) is 5.56 Å². The molecule has 3 rings (SSSR count). The van der Waals surface area contributed by atoms with Crippen LogP contribution in [-0.2, 0) is 4.74 Å². The molecule has 0 fully saturated rings. The molecular weight excluding hydrogens is 298 g/mol. The van der Waals surface area contributed by atoms with Gasteiger partial charge in [0.1, 0.15) is 0 Å². The Balaban J connectivity index is 2.23. The van der Waals surface area contributed by atoms with Crippen molar-refractivity contribution in [2.24, 2.45) is 0 Å². The number of hydrogen-bond acceptors (Lipinski definition) is 2. The third-order valence-electron chi connectivity index (χ3n) is 4.07. The highest BCUT2D eigenvalue weighted by atomic mass is 16.5. The van der Waals surface area contributed by atoms with E-state index in [0.717, 1.165) is 28.1 Å². The number of aromatic amines is 1. The van der Waals surface area contributed by atoms with E-state index in [1.54, 1.807) is 0 Å². The Morgan fingerprint density at radius 1 is 0.958 bits per heavy atom. The zero-order valence-corrected chi connectivity index (χ0v) is 14.2. The van der Waals surface area contributed by atoms with Gasteiger partial charge in [0.15, 0.2) is 0 Å². The van der Waals surface area contributed by atoms with Gasteiger partial charge in [-0.1, -0.05) is 60.2 Å². The molecule has 24 heavy (non-hydrogen) atoms. The molecule has 0 bridgehead atoms. The van der Waals surface area contributed by atoms with Crippen molar-refractivity contribution in [2.75, 3.05) is 6.61 Å². The maximum absolute atomic E-state index is 12.7. The van der Waals surface area contributed by atoms with Crippen molar-refractivity contribution in [2.45, 2.75) is 20.8 Å². The first-order valence-corrected chi connectivity index (χ1v) is 8.14. The highest BCUT2D eigenvalue weighted by molar-refractivity contribution is 6.04. The van der Waals surface area contributed by atoms with Crippen LogP contribution in [0.5, 0.6) is 0 Å². The number of esters is 1. The first-order valence-electron chi connectivity index (χ1n) is 8.14. The third kappa shape index (κ3) is 2.98. The summed E-state index contributed by atoms with van der Waals surface area (Å²) in [5.74, 6) is -0.295. The van der Waals surface area contributed by atoms with E-state index in [4.69, 9.17) is 4.74 Å². The van der Waals surface area contributed by atoms with Crippen LogP contribution in [0.2, 0.25) is 0 Å². The molecule has 3 heteroatoms. The second kappa shape index (κ2) is 6.75. The number of H-pyrrole nitrogens is 1. The van der Waals surface area contributed by atoms with Gasteiger partial charge in [0.2, 0.25) is 0 Å². The van der Waals surface area contributed by atoms with Crippen LogP contribution < -0.4 is 0 Å². The Morgan fingerprint density at radius 3 is 2.25 bits per heavy atom. The van der Waals surface area contributed by atoms with Gasteiger partial charge in [0.05, 0.1) is 17.9 Å². The number of hydrogen-bond donors (Lipinski definition) is 1. The quantitative estimate of drug-likeness (QED) is 0.676. The number of ether oxygens (including phenoxy) is 1. The Labute approximate surface area is 142 Å². The minimum atomic E-state index is -0.295. The molecule has 0 atom stereocenters. The van der Waals surface area contributed by atoms with Crippen molar-refractivity contribution in [3.63, 3.8) is 0 Å². The number of carbonyl (C=O) groups excluding carboxylic acids is 1. The summed E-state index contributed by atoms with van der Waals surface area (Å²) in [5.41, 5.74) is 6.45. The first kappa shape index (κ1) is 16.1. The molecule has 0 amide bonds. The summed E-state index contributed by atoms with van der Waals surface area (Å²) in [6.45, 7) is 6.21. The number of carbonyl (C=O) groups is 1. The Hall–Kier alpha value is -2.81. The Kier molecular flexibility index (Phi) is 4.52. The summed E-state index contributed by atoms with van der Waals surface area (Å²) in [6.07, 6.45) is 0. The molecule has 122 valence electrons. The molecule has 0 saturated heterocycles. The molecule has 3 nitrogen and oxygen atoms in total. The van der Waals surface area contributed by atoms with Crippen LogP contribution in [0.4, 0.5) is 0 Å². The van der Waals surface area contributed by atoms with Gasteiger partial charge in [-0.25, -0.2) is 4.79 Å². The highest BCUT2D eigenvalue weighted by Crippen LogP contribution is 2.35. The van der Waals surface area contributed by atoms with Crippen molar-refractivity contribution >= 4 is 5.97 Å². The largest absolute Gasteiger partial charge is 0.462 e. The lowest BCUT2D eigenvalue weighted by Crippen LogP contribution is -2.06. The van der Waals surface area contributed by atoms with E-state index in [0.29, 0.717) is 12.2 Å². The second-order valence-electron chi connectivity index (χ2n) is 5.83. The molecule has 0 unspecified atom stereocenters. The topological polar surface area (TPSA) is 42.1 Å². The van der Waals surface area contributed by atoms with Gasteiger partial charge in [-0.15, -0.1) is 0 Å². The average Bonchev–Trinajstić information content (AvgIpc) is 2.94. The summed E-state index contributed by atoms with van der Waals surface area (Å²) >= 11 is 0. The zero-order valence-electron chi connectivity index (χ0n) is 14.2. The van der Waals surface area contributed by atoms with Gasteiger partial charge in [0, 0.05) is 11.3 Å². The number of benzene rings is 2. The smallest absolute Gasteiger partial charge is 0.340 e. The lowest BCUT2D eigenvalue weighted by atomic mass is 9.98. The molecule has 1 N–H and O–H groups in total. The normalized spacial score (nSPS) is 10.6. The van der Waals surface area contributed by atoms with Crippen molar-refractivity contribution < 1.29 is 9.53 Å². The predicted molar refractivity (Wildman–Crippen MR) is 97.1 cm³/mol. The number of aryl methyl sites for hydroxylation is 2. The van der Waals surface area contributed by atoms with Gasteiger partial charge in [-0.3, -0.25) is 0 Å². The van der Waals surface area contributed by atoms with Crippen LogP contribution in [-0.4, -0.2) is 17.6 Å². The van der Waals surface area contributed by atoms with Gasteiger partial charge in [-0.2, -0.15) is 0 Å². The monoisotopic (exact) mass is 319 g/mol. The molecule has 0 aliphatic rings. The highest BCUT2D eigenvalue weighted by Gasteiger charge is 2.24.